The number of pyridine rings is 1. The maximum atomic E-state index is 12.6. The summed E-state index contributed by atoms with van der Waals surface area (Å²) >= 11 is 0. The van der Waals surface area contributed by atoms with Crippen molar-refractivity contribution in [3.05, 3.63) is 64.1 Å². The number of ether oxygens (including phenoxy) is 2. The molecule has 0 amide bonds. The van der Waals surface area contributed by atoms with Gasteiger partial charge in [0.15, 0.2) is 11.3 Å². The Morgan fingerprint density at radius 2 is 2.00 bits per heavy atom. The zero-order valence-corrected chi connectivity index (χ0v) is 18.2. The Morgan fingerprint density at radius 3 is 2.77 bits per heavy atom. The first-order valence-electron chi connectivity index (χ1n) is 10.7. The smallest absolute Gasteiger partial charge is 0.200 e. The molecule has 7 nitrogen and oxygen atoms in total. The number of aromatic nitrogens is 1. The van der Waals surface area contributed by atoms with Gasteiger partial charge in [-0.15, -0.1) is 0 Å². The van der Waals surface area contributed by atoms with E-state index in [4.69, 9.17) is 13.9 Å². The van der Waals surface area contributed by atoms with Crippen LogP contribution in [0.4, 0.5) is 5.88 Å². The van der Waals surface area contributed by atoms with Gasteiger partial charge in [0.05, 0.1) is 18.6 Å². The Bertz CT molecular complexity index is 1060. The Balaban J connectivity index is 1.40. The van der Waals surface area contributed by atoms with Crippen LogP contribution in [0, 0.1) is 6.92 Å². The van der Waals surface area contributed by atoms with Crippen molar-refractivity contribution in [2.45, 2.75) is 13.3 Å². The molecule has 1 fully saturated rings. The lowest BCUT2D eigenvalue weighted by molar-refractivity contribution is 0.121. The van der Waals surface area contributed by atoms with Gasteiger partial charge in [0.25, 0.3) is 0 Å². The van der Waals surface area contributed by atoms with Crippen molar-refractivity contribution in [1.82, 2.24) is 9.88 Å². The highest BCUT2D eigenvalue weighted by Crippen LogP contribution is 2.29. The number of likely N-dealkylation sites (N-methyl/N-ethyl adjacent to an activating group) is 1. The summed E-state index contributed by atoms with van der Waals surface area (Å²) in [5, 5.41) is 0.578. The minimum Gasteiger partial charge on any atom is -0.492 e. The minimum absolute atomic E-state index is 0.0355. The number of aryl methyl sites for hydroxylation is 1. The van der Waals surface area contributed by atoms with E-state index in [1.165, 1.54) is 0 Å². The lowest BCUT2D eigenvalue weighted by Crippen LogP contribution is -2.36. The molecule has 3 heterocycles. The van der Waals surface area contributed by atoms with E-state index >= 15 is 0 Å². The van der Waals surface area contributed by atoms with Crippen molar-refractivity contribution < 1.29 is 13.9 Å². The molecule has 0 bridgehead atoms. The number of anilines is 1. The fourth-order valence-corrected chi connectivity index (χ4v) is 3.69. The van der Waals surface area contributed by atoms with E-state index in [1.54, 1.807) is 12.1 Å². The number of nitrogens with zero attached hydrogens (tertiary/aromatic N) is 3. The summed E-state index contributed by atoms with van der Waals surface area (Å²) in [5.74, 6) is 1.34. The summed E-state index contributed by atoms with van der Waals surface area (Å²) in [4.78, 5) is 21.3. The average Bonchev–Trinajstić information content (AvgIpc) is 2.80. The monoisotopic (exact) mass is 423 g/mol. The molecule has 1 aliphatic rings. The topological polar surface area (TPSA) is 68.0 Å². The largest absolute Gasteiger partial charge is 0.492 e. The highest BCUT2D eigenvalue weighted by molar-refractivity contribution is 5.82. The fraction of sp³-hybridized carbons (Fsp3) is 0.417. The maximum absolute atomic E-state index is 12.6. The van der Waals surface area contributed by atoms with Crippen LogP contribution in [-0.2, 0) is 11.2 Å². The van der Waals surface area contributed by atoms with E-state index in [2.05, 4.69) is 16.9 Å². The van der Waals surface area contributed by atoms with Gasteiger partial charge in [-0.05, 0) is 38.2 Å². The molecule has 0 saturated carbocycles. The van der Waals surface area contributed by atoms with Crippen molar-refractivity contribution in [2.75, 3.05) is 57.9 Å². The zero-order chi connectivity index (χ0) is 21.6. The number of morpholine rings is 1. The van der Waals surface area contributed by atoms with Crippen LogP contribution in [0.15, 0.2) is 51.8 Å². The second kappa shape index (κ2) is 9.94. The zero-order valence-electron chi connectivity index (χ0n) is 18.2. The molecule has 0 unspecified atom stereocenters. The number of benzene rings is 1. The van der Waals surface area contributed by atoms with Gasteiger partial charge in [0.1, 0.15) is 17.9 Å². The standard InChI is InChI=1S/C24H29N3O4/c1-18-22(30-16-11-26(2)10-8-19-5-3-4-9-25-19)7-6-20-21(28)17-23(31-24(18)20)27-12-14-29-15-13-27/h3-7,9,17H,8,10-16H2,1-2H3. The van der Waals surface area contributed by atoms with Gasteiger partial charge in [-0.2, -0.15) is 0 Å². The summed E-state index contributed by atoms with van der Waals surface area (Å²) in [7, 11) is 2.08. The number of hydrogen-bond donors (Lipinski definition) is 0. The molecule has 7 heteroatoms. The van der Waals surface area contributed by atoms with E-state index in [0.29, 0.717) is 49.8 Å². The molecule has 1 aliphatic heterocycles. The first-order valence-corrected chi connectivity index (χ1v) is 10.7. The Kier molecular flexibility index (Phi) is 6.84. The highest BCUT2D eigenvalue weighted by Gasteiger charge is 2.17. The third-order valence-corrected chi connectivity index (χ3v) is 5.61. The first kappa shape index (κ1) is 21.3. The average molecular weight is 424 g/mol. The van der Waals surface area contributed by atoms with E-state index in [0.717, 1.165) is 36.5 Å². The summed E-state index contributed by atoms with van der Waals surface area (Å²) in [6.07, 6.45) is 2.73. The Hall–Kier alpha value is -2.90. The molecule has 164 valence electrons. The maximum Gasteiger partial charge on any atom is 0.200 e. The van der Waals surface area contributed by atoms with Gasteiger partial charge >= 0.3 is 0 Å². The minimum atomic E-state index is -0.0355. The number of rotatable bonds is 8. The molecule has 4 rings (SSSR count). The lowest BCUT2D eigenvalue weighted by atomic mass is 10.1. The van der Waals surface area contributed by atoms with Gasteiger partial charge in [0.2, 0.25) is 0 Å². The van der Waals surface area contributed by atoms with Crippen molar-refractivity contribution in [3.63, 3.8) is 0 Å². The van der Waals surface area contributed by atoms with E-state index in [1.807, 2.05) is 42.3 Å². The second-order valence-electron chi connectivity index (χ2n) is 7.84. The van der Waals surface area contributed by atoms with E-state index < -0.39 is 0 Å². The van der Waals surface area contributed by atoms with Crippen LogP contribution >= 0.6 is 0 Å². The molecule has 0 atom stereocenters. The SMILES string of the molecule is Cc1c(OCCN(C)CCc2ccccn2)ccc2c(=O)cc(N3CCOCC3)oc12. The number of hydrogen-bond acceptors (Lipinski definition) is 7. The predicted octanol–water partition coefficient (Wildman–Crippen LogP) is 2.89. The van der Waals surface area contributed by atoms with Gasteiger partial charge < -0.3 is 23.7 Å². The van der Waals surface area contributed by atoms with Crippen molar-refractivity contribution >= 4 is 16.9 Å². The summed E-state index contributed by atoms with van der Waals surface area (Å²) in [5.41, 5.74) is 2.49. The molecule has 0 radical (unpaired) electrons. The molecule has 0 aliphatic carbocycles. The molecule has 2 aromatic heterocycles. The predicted molar refractivity (Wildman–Crippen MR) is 121 cm³/mol. The molecule has 3 aromatic rings. The summed E-state index contributed by atoms with van der Waals surface area (Å²) in [6, 6.07) is 11.2. The quantitative estimate of drug-likeness (QED) is 0.552. The van der Waals surface area contributed by atoms with Gasteiger partial charge in [-0.1, -0.05) is 6.07 Å². The van der Waals surface area contributed by atoms with E-state index in [-0.39, 0.29) is 5.43 Å². The van der Waals surface area contributed by atoms with Crippen molar-refractivity contribution in [1.29, 1.82) is 0 Å². The molecule has 0 spiro atoms. The van der Waals surface area contributed by atoms with Gasteiger partial charge in [-0.25, -0.2) is 0 Å². The van der Waals surface area contributed by atoms with Crippen LogP contribution in [0.25, 0.3) is 11.0 Å². The Morgan fingerprint density at radius 1 is 1.16 bits per heavy atom. The van der Waals surface area contributed by atoms with E-state index in [9.17, 15) is 4.79 Å². The first-order chi connectivity index (χ1) is 15.1. The molecule has 1 aromatic carbocycles. The lowest BCUT2D eigenvalue weighted by Gasteiger charge is -2.27. The fourth-order valence-electron chi connectivity index (χ4n) is 3.69. The highest BCUT2D eigenvalue weighted by atomic mass is 16.5. The van der Waals surface area contributed by atoms with Crippen molar-refractivity contribution in [2.24, 2.45) is 0 Å². The molecular weight excluding hydrogens is 394 g/mol. The van der Waals surface area contributed by atoms with Crippen LogP contribution < -0.4 is 15.1 Å². The van der Waals surface area contributed by atoms with Crippen LogP contribution in [0.2, 0.25) is 0 Å². The Labute approximate surface area is 182 Å². The molecule has 31 heavy (non-hydrogen) atoms. The normalized spacial score (nSPS) is 14.4. The van der Waals surface area contributed by atoms with Crippen LogP contribution in [0.3, 0.4) is 0 Å². The van der Waals surface area contributed by atoms with Gasteiger partial charge in [-0.3, -0.25) is 9.78 Å². The molecule has 0 N–H and O–H groups in total. The second-order valence-corrected chi connectivity index (χ2v) is 7.84. The molecular formula is C24H29N3O4. The molecule has 1 saturated heterocycles. The summed E-state index contributed by atoms with van der Waals surface area (Å²) < 4.78 is 17.6. The van der Waals surface area contributed by atoms with Crippen LogP contribution in [0.5, 0.6) is 5.75 Å². The summed E-state index contributed by atoms with van der Waals surface area (Å²) in [6.45, 7) is 6.91. The van der Waals surface area contributed by atoms with Crippen molar-refractivity contribution in [3.8, 4) is 5.75 Å². The third-order valence-electron chi connectivity index (χ3n) is 5.61. The van der Waals surface area contributed by atoms with Crippen LogP contribution in [0.1, 0.15) is 11.3 Å². The van der Waals surface area contributed by atoms with Gasteiger partial charge in [0, 0.05) is 56.1 Å². The number of fused-ring (bicyclic) bond motifs is 1. The van der Waals surface area contributed by atoms with Crippen LogP contribution in [-0.4, -0.2) is 62.9 Å². The third kappa shape index (κ3) is 5.24.